The fourth-order valence-corrected chi connectivity index (χ4v) is 5.47. The molecule has 2 aromatic carbocycles. The van der Waals surface area contributed by atoms with Crippen molar-refractivity contribution >= 4 is 21.8 Å². The molecule has 0 spiro atoms. The number of nitrogens with zero attached hydrogens (tertiary/aromatic N) is 3. The Bertz CT molecular complexity index is 1660. The zero-order valence-corrected chi connectivity index (χ0v) is 20.9. The third-order valence-electron chi connectivity index (χ3n) is 7.10. The first-order valence-corrected chi connectivity index (χ1v) is 12.1. The Labute approximate surface area is 215 Å². The maximum absolute atomic E-state index is 13.7. The predicted octanol–water partition coefficient (Wildman–Crippen LogP) is 6.09. The molecular formula is C27H24F3N5O3. The average molecular weight is 524 g/mol. The quantitative estimate of drug-likeness (QED) is 0.289. The number of fused-ring (bicyclic) bond motifs is 5. The lowest BCUT2D eigenvalue weighted by molar-refractivity contribution is -0.140. The number of rotatable bonds is 5. The normalized spacial score (nSPS) is 13.6. The summed E-state index contributed by atoms with van der Waals surface area (Å²) in [6, 6.07) is 7.31. The van der Waals surface area contributed by atoms with Crippen LogP contribution in [0.25, 0.3) is 44.3 Å². The second kappa shape index (κ2) is 8.93. The minimum Gasteiger partial charge on any atom is -0.493 e. The third-order valence-corrected chi connectivity index (χ3v) is 7.10. The molecule has 1 aliphatic carbocycles. The van der Waals surface area contributed by atoms with Crippen LogP contribution in [0.4, 0.5) is 13.2 Å². The maximum Gasteiger partial charge on any atom is 0.435 e. The summed E-state index contributed by atoms with van der Waals surface area (Å²) in [5, 5.41) is 15.3. The largest absolute Gasteiger partial charge is 0.493 e. The number of alkyl halides is 3. The number of halogens is 3. The van der Waals surface area contributed by atoms with Crippen molar-refractivity contribution in [3.8, 4) is 39.8 Å². The minimum absolute atomic E-state index is 0.0327. The van der Waals surface area contributed by atoms with Crippen LogP contribution in [0.15, 0.2) is 30.5 Å². The summed E-state index contributed by atoms with van der Waals surface area (Å²) in [6.07, 6.45) is -0.168. The van der Waals surface area contributed by atoms with E-state index in [1.807, 2.05) is 24.3 Å². The number of hydrogen-bond acceptors (Lipinski definition) is 6. The molecule has 2 N–H and O–H groups in total. The van der Waals surface area contributed by atoms with E-state index in [4.69, 9.17) is 19.2 Å². The smallest absolute Gasteiger partial charge is 0.435 e. The summed E-state index contributed by atoms with van der Waals surface area (Å²) in [5.74, 6) is 1.44. The van der Waals surface area contributed by atoms with Crippen molar-refractivity contribution in [1.82, 2.24) is 25.4 Å². The molecule has 5 aromatic rings. The van der Waals surface area contributed by atoms with Crippen molar-refractivity contribution in [1.29, 1.82) is 0 Å². The van der Waals surface area contributed by atoms with Gasteiger partial charge in [0.1, 0.15) is 5.69 Å². The van der Waals surface area contributed by atoms with Crippen molar-refractivity contribution in [2.24, 2.45) is 0 Å². The Morgan fingerprint density at radius 3 is 2.21 bits per heavy atom. The Hall–Kier alpha value is -4.28. The van der Waals surface area contributed by atoms with Gasteiger partial charge in [0.25, 0.3) is 0 Å². The Kier molecular flexibility index (Phi) is 5.66. The SMILES string of the molecule is COc1cc(-c2n[nH]c3ccc4nc(-c5c[nH]nc5C(F)(F)F)c5c(c4c23)CCCC5)cc(OC)c1OC. The number of methoxy groups -OCH3 is 3. The monoisotopic (exact) mass is 523 g/mol. The number of ether oxygens (including phenoxy) is 3. The molecule has 8 nitrogen and oxygen atoms in total. The van der Waals surface area contributed by atoms with Gasteiger partial charge in [0.05, 0.1) is 43.6 Å². The summed E-state index contributed by atoms with van der Waals surface area (Å²) in [4.78, 5) is 4.79. The average Bonchev–Trinajstić information content (AvgIpc) is 3.59. The number of aromatic nitrogens is 5. The molecule has 0 saturated carbocycles. The molecule has 0 bridgehead atoms. The van der Waals surface area contributed by atoms with Crippen LogP contribution in [0.2, 0.25) is 0 Å². The molecule has 0 atom stereocenters. The van der Waals surface area contributed by atoms with Gasteiger partial charge in [0.2, 0.25) is 5.75 Å². The lowest BCUT2D eigenvalue weighted by Gasteiger charge is -2.22. The highest BCUT2D eigenvalue weighted by Gasteiger charge is 2.38. The van der Waals surface area contributed by atoms with Crippen LogP contribution in [0.1, 0.15) is 29.7 Å². The summed E-state index contributed by atoms with van der Waals surface area (Å²) in [7, 11) is 4.63. The van der Waals surface area contributed by atoms with E-state index in [0.29, 0.717) is 40.6 Å². The number of nitrogens with one attached hydrogen (secondary N) is 2. The molecule has 3 aromatic heterocycles. The van der Waals surface area contributed by atoms with Crippen LogP contribution >= 0.6 is 0 Å². The van der Waals surface area contributed by atoms with E-state index in [1.54, 1.807) is 14.2 Å². The van der Waals surface area contributed by atoms with Crippen molar-refractivity contribution in [2.75, 3.05) is 21.3 Å². The molecule has 0 amide bonds. The third kappa shape index (κ3) is 3.64. The second-order valence-corrected chi connectivity index (χ2v) is 9.14. The number of aromatic amines is 2. The van der Waals surface area contributed by atoms with E-state index in [9.17, 15) is 13.2 Å². The Morgan fingerprint density at radius 2 is 1.55 bits per heavy atom. The van der Waals surface area contributed by atoms with E-state index in [0.717, 1.165) is 52.2 Å². The van der Waals surface area contributed by atoms with Crippen molar-refractivity contribution in [3.63, 3.8) is 0 Å². The van der Waals surface area contributed by atoms with E-state index in [-0.39, 0.29) is 5.56 Å². The molecule has 3 heterocycles. The molecule has 0 aliphatic heterocycles. The van der Waals surface area contributed by atoms with Gasteiger partial charge in [-0.05, 0) is 61.1 Å². The van der Waals surface area contributed by atoms with Crippen LogP contribution in [0, 0.1) is 0 Å². The summed E-state index contributed by atoms with van der Waals surface area (Å²) in [5.41, 5.74) is 3.93. The van der Waals surface area contributed by atoms with Crippen LogP contribution in [0.3, 0.4) is 0 Å². The molecule has 6 rings (SSSR count). The lowest BCUT2D eigenvalue weighted by atomic mass is 9.85. The van der Waals surface area contributed by atoms with Crippen molar-refractivity contribution < 1.29 is 27.4 Å². The van der Waals surface area contributed by atoms with Gasteiger partial charge in [-0.3, -0.25) is 10.2 Å². The number of aryl methyl sites for hydroxylation is 1. The first-order chi connectivity index (χ1) is 18.4. The molecule has 11 heteroatoms. The molecular weight excluding hydrogens is 499 g/mol. The summed E-state index contributed by atoms with van der Waals surface area (Å²) >= 11 is 0. The van der Waals surface area contributed by atoms with E-state index < -0.39 is 11.9 Å². The molecule has 0 radical (unpaired) electrons. The van der Waals surface area contributed by atoms with Gasteiger partial charge >= 0.3 is 6.18 Å². The number of pyridine rings is 1. The summed E-state index contributed by atoms with van der Waals surface area (Å²) < 4.78 is 57.8. The second-order valence-electron chi connectivity index (χ2n) is 9.14. The standard InChI is InChI=1S/C27H24F3N5O3/c1-36-19-10-13(11-20(37-2)25(19)38-3)23-22-18(33-34-23)9-8-17-21(22)14-6-4-5-7-15(14)24(32-17)16-12-31-35-26(16)27(28,29)30/h8-12H,4-7H2,1-3H3,(H,31,35)(H,33,34). The number of benzene rings is 2. The molecule has 38 heavy (non-hydrogen) atoms. The Balaban J connectivity index is 1.66. The predicted molar refractivity (Wildman–Crippen MR) is 136 cm³/mol. The van der Waals surface area contributed by atoms with Gasteiger partial charge in [-0.25, -0.2) is 4.98 Å². The number of hydrogen-bond donors (Lipinski definition) is 2. The molecule has 196 valence electrons. The lowest BCUT2D eigenvalue weighted by Crippen LogP contribution is -2.11. The Morgan fingerprint density at radius 1 is 0.842 bits per heavy atom. The van der Waals surface area contributed by atoms with Gasteiger partial charge in [0.15, 0.2) is 17.2 Å². The molecule has 0 fully saturated rings. The van der Waals surface area contributed by atoms with Crippen LogP contribution < -0.4 is 14.2 Å². The van der Waals surface area contributed by atoms with Gasteiger partial charge in [-0.15, -0.1) is 0 Å². The zero-order valence-electron chi connectivity index (χ0n) is 20.9. The first-order valence-electron chi connectivity index (χ1n) is 12.1. The first kappa shape index (κ1) is 24.1. The molecule has 0 unspecified atom stereocenters. The molecule has 0 saturated heterocycles. The van der Waals surface area contributed by atoms with E-state index >= 15 is 0 Å². The highest BCUT2D eigenvalue weighted by molar-refractivity contribution is 6.14. The van der Waals surface area contributed by atoms with Crippen LogP contribution in [-0.4, -0.2) is 46.7 Å². The minimum atomic E-state index is -4.60. The molecule has 1 aliphatic rings. The van der Waals surface area contributed by atoms with Crippen molar-refractivity contribution in [2.45, 2.75) is 31.9 Å². The highest BCUT2D eigenvalue weighted by atomic mass is 19.4. The fourth-order valence-electron chi connectivity index (χ4n) is 5.47. The topological polar surface area (TPSA) is 97.9 Å². The maximum atomic E-state index is 13.7. The number of H-pyrrole nitrogens is 2. The van der Waals surface area contributed by atoms with Gasteiger partial charge < -0.3 is 14.2 Å². The van der Waals surface area contributed by atoms with E-state index in [2.05, 4.69) is 20.4 Å². The van der Waals surface area contributed by atoms with Gasteiger partial charge in [-0.1, -0.05) is 0 Å². The zero-order chi connectivity index (χ0) is 26.6. The highest BCUT2D eigenvalue weighted by Crippen LogP contribution is 2.45. The van der Waals surface area contributed by atoms with Crippen LogP contribution in [-0.2, 0) is 19.0 Å². The van der Waals surface area contributed by atoms with Crippen molar-refractivity contribution in [3.05, 3.63) is 47.3 Å². The van der Waals surface area contributed by atoms with E-state index in [1.165, 1.54) is 13.3 Å². The van der Waals surface area contributed by atoms with Gasteiger partial charge in [-0.2, -0.15) is 23.4 Å². The fraction of sp³-hybridized carbons (Fsp3) is 0.296. The van der Waals surface area contributed by atoms with Crippen LogP contribution in [0.5, 0.6) is 17.2 Å². The van der Waals surface area contributed by atoms with Gasteiger partial charge in [0, 0.05) is 22.5 Å². The summed E-state index contributed by atoms with van der Waals surface area (Å²) in [6.45, 7) is 0.